The number of nitrogens with zero attached hydrogens (tertiary/aromatic N) is 1. The van der Waals surface area contributed by atoms with Gasteiger partial charge in [0.05, 0.1) is 22.4 Å². The molecule has 3 nitrogen and oxygen atoms in total. The van der Waals surface area contributed by atoms with Crippen LogP contribution in [-0.2, 0) is 12.4 Å². The monoisotopic (exact) mass is 301 g/mol. The van der Waals surface area contributed by atoms with Crippen LogP contribution in [-0.4, -0.2) is 25.2 Å². The topological polar surface area (TPSA) is 40.5 Å². The van der Waals surface area contributed by atoms with Crippen molar-refractivity contribution in [2.24, 2.45) is 0 Å². The molecule has 20 heavy (non-hydrogen) atoms. The number of carboxylic acids is 1. The van der Waals surface area contributed by atoms with Crippen molar-refractivity contribution in [1.82, 2.24) is 0 Å². The summed E-state index contributed by atoms with van der Waals surface area (Å²) >= 11 is 0. The molecule has 0 heterocycles. The molecule has 112 valence electrons. The Labute approximate surface area is 109 Å². The predicted molar refractivity (Wildman–Crippen MR) is 57.7 cm³/mol. The van der Waals surface area contributed by atoms with E-state index in [1.54, 1.807) is 0 Å². The second kappa shape index (κ2) is 4.88. The Morgan fingerprint density at radius 2 is 1.35 bits per heavy atom. The van der Waals surface area contributed by atoms with E-state index in [-0.39, 0.29) is 12.1 Å². The van der Waals surface area contributed by atoms with E-state index in [1.165, 1.54) is 0 Å². The van der Waals surface area contributed by atoms with Crippen LogP contribution in [0.1, 0.15) is 21.5 Å². The minimum atomic E-state index is -5.11. The number of rotatable bonds is 2. The summed E-state index contributed by atoms with van der Waals surface area (Å²) in [5, 5.41) is 8.65. The van der Waals surface area contributed by atoms with Crippen molar-refractivity contribution in [3.63, 3.8) is 0 Å². The first-order valence-corrected chi connectivity index (χ1v) is 5.08. The number of aromatic carboxylic acids is 1. The summed E-state index contributed by atoms with van der Waals surface area (Å²) in [6.45, 7) is 0. The molecule has 0 unspecified atom stereocenters. The molecule has 0 radical (unpaired) electrons. The zero-order valence-corrected chi connectivity index (χ0v) is 10.2. The summed E-state index contributed by atoms with van der Waals surface area (Å²) in [4.78, 5) is 11.3. The van der Waals surface area contributed by atoms with Crippen LogP contribution < -0.4 is 4.90 Å². The number of alkyl halides is 6. The van der Waals surface area contributed by atoms with E-state index in [1.807, 2.05) is 0 Å². The SMILES string of the molecule is CN(C)c1c(C(F)(F)F)cc(C(=O)O)cc1C(F)(F)F. The van der Waals surface area contributed by atoms with Crippen LogP contribution in [0.3, 0.4) is 0 Å². The summed E-state index contributed by atoms with van der Waals surface area (Å²) in [7, 11) is 2.03. The second-order valence-corrected chi connectivity index (χ2v) is 4.12. The molecule has 0 atom stereocenters. The van der Waals surface area contributed by atoms with E-state index in [2.05, 4.69) is 0 Å². The molecule has 0 aromatic heterocycles. The van der Waals surface area contributed by atoms with Crippen LogP contribution in [0.4, 0.5) is 32.0 Å². The smallest absolute Gasteiger partial charge is 0.418 e. The van der Waals surface area contributed by atoms with Gasteiger partial charge in [-0.05, 0) is 12.1 Å². The highest BCUT2D eigenvalue weighted by Gasteiger charge is 2.42. The zero-order chi connectivity index (χ0) is 15.9. The van der Waals surface area contributed by atoms with Crippen LogP contribution in [0.5, 0.6) is 0 Å². The van der Waals surface area contributed by atoms with Crippen LogP contribution >= 0.6 is 0 Å². The Hall–Kier alpha value is -1.93. The van der Waals surface area contributed by atoms with Crippen LogP contribution in [0.2, 0.25) is 0 Å². The molecule has 0 aliphatic heterocycles. The Balaban J connectivity index is 3.81. The molecule has 0 amide bonds. The van der Waals surface area contributed by atoms with E-state index in [0.717, 1.165) is 14.1 Å². The summed E-state index contributed by atoms with van der Waals surface area (Å²) in [6.07, 6.45) is -10.2. The molecule has 1 aromatic carbocycles. The van der Waals surface area contributed by atoms with E-state index in [9.17, 15) is 31.1 Å². The maximum absolute atomic E-state index is 12.8. The molecule has 0 fully saturated rings. The molecule has 0 spiro atoms. The van der Waals surface area contributed by atoms with Gasteiger partial charge in [-0.2, -0.15) is 26.3 Å². The lowest BCUT2D eigenvalue weighted by Crippen LogP contribution is -2.23. The number of carbonyl (C=O) groups is 1. The van der Waals surface area contributed by atoms with E-state index in [4.69, 9.17) is 5.11 Å². The lowest BCUT2D eigenvalue weighted by atomic mass is 10.0. The van der Waals surface area contributed by atoms with Gasteiger partial charge in [-0.15, -0.1) is 0 Å². The molecular weight excluding hydrogens is 292 g/mol. The molecule has 0 bridgehead atoms. The zero-order valence-electron chi connectivity index (χ0n) is 10.2. The minimum Gasteiger partial charge on any atom is -0.478 e. The van der Waals surface area contributed by atoms with Gasteiger partial charge in [0, 0.05) is 14.1 Å². The number of benzene rings is 1. The van der Waals surface area contributed by atoms with Gasteiger partial charge < -0.3 is 10.0 Å². The predicted octanol–water partition coefficient (Wildman–Crippen LogP) is 3.49. The quantitative estimate of drug-likeness (QED) is 0.850. The van der Waals surface area contributed by atoms with Gasteiger partial charge in [0.2, 0.25) is 0 Å². The lowest BCUT2D eigenvalue weighted by molar-refractivity contribution is -0.142. The number of carboxylic acid groups (broad SMARTS) is 1. The van der Waals surface area contributed by atoms with E-state index in [0.29, 0.717) is 4.90 Å². The molecule has 1 N–H and O–H groups in total. The Morgan fingerprint density at radius 3 is 1.55 bits per heavy atom. The third-order valence-electron chi connectivity index (χ3n) is 2.41. The highest BCUT2D eigenvalue weighted by Crippen LogP contribution is 2.44. The summed E-state index contributed by atoms with van der Waals surface area (Å²) in [5.41, 5.74) is -5.48. The number of halogens is 6. The molecule has 0 aliphatic carbocycles. The van der Waals surface area contributed by atoms with Crippen molar-refractivity contribution in [3.05, 3.63) is 28.8 Å². The molecule has 9 heteroatoms. The maximum atomic E-state index is 12.8. The van der Waals surface area contributed by atoms with Gasteiger partial charge in [-0.1, -0.05) is 0 Å². The normalized spacial score (nSPS) is 12.4. The minimum absolute atomic E-state index is 0.187. The third-order valence-corrected chi connectivity index (χ3v) is 2.41. The van der Waals surface area contributed by atoms with Crippen molar-refractivity contribution < 1.29 is 36.2 Å². The van der Waals surface area contributed by atoms with Gasteiger partial charge in [0.15, 0.2) is 0 Å². The first-order valence-electron chi connectivity index (χ1n) is 5.08. The fraction of sp³-hybridized carbons (Fsp3) is 0.364. The molecule has 1 rings (SSSR count). The Morgan fingerprint density at radius 1 is 1.00 bits per heavy atom. The average Bonchev–Trinajstić information content (AvgIpc) is 2.24. The first-order chi connectivity index (χ1) is 8.85. The molecule has 1 aromatic rings. The van der Waals surface area contributed by atoms with Crippen molar-refractivity contribution in [2.45, 2.75) is 12.4 Å². The largest absolute Gasteiger partial charge is 0.478 e. The number of hydrogen-bond acceptors (Lipinski definition) is 2. The maximum Gasteiger partial charge on any atom is 0.418 e. The van der Waals surface area contributed by atoms with Crippen LogP contribution in [0.15, 0.2) is 12.1 Å². The van der Waals surface area contributed by atoms with Crippen molar-refractivity contribution >= 4 is 11.7 Å². The lowest BCUT2D eigenvalue weighted by Gasteiger charge is -2.24. The fourth-order valence-electron chi connectivity index (χ4n) is 1.67. The Bertz CT molecular complexity index is 498. The van der Waals surface area contributed by atoms with Gasteiger partial charge in [-0.25, -0.2) is 4.79 Å². The molecule has 0 saturated carbocycles. The molecule has 0 saturated heterocycles. The number of hydrogen-bond donors (Lipinski definition) is 1. The second-order valence-electron chi connectivity index (χ2n) is 4.12. The van der Waals surface area contributed by atoms with Crippen molar-refractivity contribution in [3.8, 4) is 0 Å². The fourth-order valence-corrected chi connectivity index (χ4v) is 1.67. The summed E-state index contributed by atoms with van der Waals surface area (Å²) in [5.74, 6) is -1.87. The summed E-state index contributed by atoms with van der Waals surface area (Å²) in [6, 6.07) is 0.375. The Kier molecular flexibility index (Phi) is 3.93. The van der Waals surface area contributed by atoms with Gasteiger partial charge in [0.25, 0.3) is 0 Å². The van der Waals surface area contributed by atoms with Gasteiger partial charge in [0.1, 0.15) is 0 Å². The van der Waals surface area contributed by atoms with Crippen molar-refractivity contribution in [1.29, 1.82) is 0 Å². The highest BCUT2D eigenvalue weighted by molar-refractivity contribution is 5.89. The average molecular weight is 301 g/mol. The molecule has 0 aliphatic rings. The first kappa shape index (κ1) is 16.1. The van der Waals surface area contributed by atoms with Gasteiger partial charge in [-0.3, -0.25) is 0 Å². The van der Waals surface area contributed by atoms with E-state index >= 15 is 0 Å². The third kappa shape index (κ3) is 3.14. The molecular formula is C11H9F6NO2. The van der Waals surface area contributed by atoms with E-state index < -0.39 is 40.7 Å². The van der Waals surface area contributed by atoms with Gasteiger partial charge >= 0.3 is 18.3 Å². The summed E-state index contributed by atoms with van der Waals surface area (Å²) < 4.78 is 77.0. The van der Waals surface area contributed by atoms with Crippen LogP contribution in [0.25, 0.3) is 0 Å². The van der Waals surface area contributed by atoms with Crippen molar-refractivity contribution in [2.75, 3.05) is 19.0 Å². The van der Waals surface area contributed by atoms with Crippen LogP contribution in [0, 0.1) is 0 Å². The number of anilines is 1. The highest BCUT2D eigenvalue weighted by atomic mass is 19.4. The standard InChI is InChI=1S/C11H9F6NO2/c1-18(2)8-6(10(12,13)14)3-5(9(19)20)4-7(8)11(15,16)17/h3-4H,1-2H3,(H,19,20).